The number of allylic oxidation sites excluding steroid dienone is 4. The summed E-state index contributed by atoms with van der Waals surface area (Å²) in [6, 6.07) is 16.1. The first-order valence-corrected chi connectivity index (χ1v) is 48.8. The maximum absolute atomic E-state index is 14.7. The molecule has 4 saturated heterocycles. The number of nitrogens with two attached hydrogens (primary N) is 3. The highest BCUT2D eigenvalue weighted by atomic mass is 16.6. The van der Waals surface area contributed by atoms with E-state index in [4.69, 9.17) is 55.2 Å². The van der Waals surface area contributed by atoms with Crippen molar-refractivity contribution in [2.24, 2.45) is 40.5 Å². The molecule has 0 radical (unpaired) electrons. The Hall–Kier alpha value is -12.0. The molecule has 12 N–H and O–H groups in total. The third-order valence-corrected chi connectivity index (χ3v) is 28.0. The summed E-state index contributed by atoms with van der Waals surface area (Å²) in [6.45, 7) is 24.5. The normalized spacial score (nSPS) is 22.1. The number of oxime groups is 1. The molecule has 38 nitrogen and oxygen atoms in total. The number of nitrogens with zero attached hydrogens (tertiary/aromatic N) is 16. The molecule has 14 rings (SSSR count). The molecule has 1 saturated carbocycles. The van der Waals surface area contributed by atoms with E-state index in [9.17, 15) is 54.3 Å². The Morgan fingerprint density at radius 2 is 1.50 bits per heavy atom. The second kappa shape index (κ2) is 48.0. The van der Waals surface area contributed by atoms with Gasteiger partial charge in [0.15, 0.2) is 17.0 Å². The van der Waals surface area contributed by atoms with E-state index in [0.717, 1.165) is 45.8 Å². The number of carbonyl (C=O) groups is 6. The predicted molar refractivity (Wildman–Crippen MR) is 526 cm³/mol. The molecule has 38 heteroatoms. The van der Waals surface area contributed by atoms with E-state index in [1.807, 2.05) is 77.4 Å². The van der Waals surface area contributed by atoms with Gasteiger partial charge in [0.05, 0.1) is 73.4 Å². The minimum Gasteiger partial charge on any atom is -0.459 e. The maximum Gasteiger partial charge on any atom is 0.329 e. The van der Waals surface area contributed by atoms with Gasteiger partial charge >= 0.3 is 5.97 Å². The number of rotatable bonds is 41. The van der Waals surface area contributed by atoms with Crippen molar-refractivity contribution in [2.75, 3.05) is 121 Å². The van der Waals surface area contributed by atoms with Gasteiger partial charge in [0.1, 0.15) is 47.7 Å². The van der Waals surface area contributed by atoms with Gasteiger partial charge in [0.2, 0.25) is 23.6 Å². The minimum absolute atomic E-state index is 0.00966. The highest BCUT2D eigenvalue weighted by Crippen LogP contribution is 2.40. The van der Waals surface area contributed by atoms with E-state index in [-0.39, 0.29) is 84.6 Å². The number of hydrogen-bond donors (Lipinski definition) is 9. The molecule has 3 aromatic carbocycles. The topological polar surface area (TPSA) is 502 Å². The molecule has 1 aliphatic carbocycles. The van der Waals surface area contributed by atoms with Crippen LogP contribution in [-0.2, 0) is 68.9 Å². The lowest BCUT2D eigenvalue weighted by Crippen LogP contribution is -2.61. The number of methoxy groups -OCH3 is 2. The summed E-state index contributed by atoms with van der Waals surface area (Å²) in [5, 5.41) is 71.9. The number of piperazine rings is 2. The molecule has 5 fully saturated rings. The van der Waals surface area contributed by atoms with Crippen LogP contribution in [0.15, 0.2) is 149 Å². The molecule has 5 aliphatic heterocycles. The number of carbonyl (C=O) groups excluding carboxylic acids is 6. The average Bonchev–Trinajstić information content (AvgIpc) is 1.67. The van der Waals surface area contributed by atoms with E-state index in [0.29, 0.717) is 206 Å². The molecular weight excluding hydrogens is 1790 g/mol. The van der Waals surface area contributed by atoms with Crippen molar-refractivity contribution < 1.29 is 87.2 Å². The fourth-order valence-corrected chi connectivity index (χ4v) is 19.7. The molecular formula is C102H136N20O18. The van der Waals surface area contributed by atoms with Crippen LogP contribution in [0.2, 0.25) is 0 Å². The van der Waals surface area contributed by atoms with Gasteiger partial charge in [-0.15, -0.1) is 0 Å². The second-order valence-electron chi connectivity index (χ2n) is 38.5. The zero-order chi connectivity index (χ0) is 99.6. The first-order chi connectivity index (χ1) is 67.3. The number of likely N-dealkylation sites (tertiary alicyclic amines) is 1. The summed E-state index contributed by atoms with van der Waals surface area (Å²) in [5.41, 5.74) is 28.3. The second-order valence-corrected chi connectivity index (χ2v) is 38.5. The molecule has 6 aliphatic rings. The number of piperidine rings is 1. The van der Waals surface area contributed by atoms with Crippen LogP contribution in [-0.4, -0.2) is 297 Å². The van der Waals surface area contributed by atoms with Crippen LogP contribution in [0.25, 0.3) is 33.4 Å². The third-order valence-electron chi connectivity index (χ3n) is 28.0. The van der Waals surface area contributed by atoms with Gasteiger partial charge in [-0.3, -0.25) is 28.9 Å². The van der Waals surface area contributed by atoms with Crippen molar-refractivity contribution in [3.8, 4) is 17.0 Å². The van der Waals surface area contributed by atoms with Gasteiger partial charge in [-0.2, -0.15) is 10.1 Å². The van der Waals surface area contributed by atoms with Crippen LogP contribution < -0.4 is 37.2 Å². The smallest absolute Gasteiger partial charge is 0.329 e. The van der Waals surface area contributed by atoms with Crippen LogP contribution in [0, 0.1) is 29.6 Å². The predicted octanol–water partition coefficient (Wildman–Crippen LogP) is 8.26. The number of aliphatic hydroxyl groups is 5. The Bertz CT molecular complexity index is 5740. The van der Waals surface area contributed by atoms with Crippen LogP contribution in [0.1, 0.15) is 175 Å². The van der Waals surface area contributed by atoms with E-state index >= 15 is 0 Å². The number of fused-ring (bicyclic) bond motifs is 3. The quantitative estimate of drug-likeness (QED) is 0.00331. The highest BCUT2D eigenvalue weighted by Gasteiger charge is 2.53. The lowest BCUT2D eigenvalue weighted by atomic mass is 9.80. The number of hydrogen-bond acceptors (Lipinski definition) is 33. The molecule has 0 unspecified atom stereocenters. The average molecular weight is 1930 g/mol. The van der Waals surface area contributed by atoms with Crippen molar-refractivity contribution in [1.29, 1.82) is 0 Å². The van der Waals surface area contributed by atoms with Gasteiger partial charge in [-0.25, -0.2) is 39.4 Å². The number of aromatic nitrogens is 9. The Labute approximate surface area is 815 Å². The van der Waals surface area contributed by atoms with Crippen LogP contribution in [0.5, 0.6) is 5.75 Å². The van der Waals surface area contributed by atoms with Crippen molar-refractivity contribution in [3.05, 3.63) is 173 Å². The Morgan fingerprint density at radius 1 is 0.757 bits per heavy atom. The fourth-order valence-electron chi connectivity index (χ4n) is 19.7. The Kier molecular flexibility index (Phi) is 35.6. The number of nitrogen functional groups attached to an aromatic ring is 2. The number of oxazole rings is 1. The number of Topliss-reactive ketones (excluding diaryl/α,β-unsaturated/α-hetero) is 1. The molecule has 15 atom stereocenters. The number of esters is 1. The zero-order valence-electron chi connectivity index (χ0n) is 81.6. The van der Waals surface area contributed by atoms with Crippen LogP contribution in [0.4, 0.5) is 23.7 Å². The number of ketones is 1. The molecule has 8 aromatic rings. The van der Waals surface area contributed by atoms with E-state index in [2.05, 4.69) is 73.9 Å². The summed E-state index contributed by atoms with van der Waals surface area (Å²) in [5.74, 6) is -6.43. The summed E-state index contributed by atoms with van der Waals surface area (Å²) >= 11 is 0. The fraction of sp³-hybridized carbons (Fsp3) is 0.539. The number of benzene rings is 3. The first kappa shape index (κ1) is 104. The summed E-state index contributed by atoms with van der Waals surface area (Å²) < 4.78 is 37.2. The SMILES string of the molecule is C=C/C=C/C=C(\C)[C@H](C[C@@H]1CC[C@@H](C)[C@](O)(C(=O)C(=O)N2CCCC[C@H]2C(=O)O[C@@H](C[C@@H](O)[C@H](C)/C=C(\C)[C@@H](O)[C@@H](O)/C(=N/Oc2cccc(C(=O)NCc3cnc(N4CCN(C(=O)CCOCCN5CCN(c6ncc(C(=O)N7CCc8cc(Cn9nc(-c%10ccc%11oc(N)nc%11c%10)c%10c(N)ncnc%109)ccc8C7)cn6)CC5)CC4)nc3)c2)[C@H](C)CC(C)C)[C@H](N)C[C@@H]2CC[C@@H](O)[C@H](OC)C2)O1)OC. The highest BCUT2D eigenvalue weighted by molar-refractivity contribution is 6.39. The number of aliphatic hydroxyl groups excluding tert-OH is 4. The number of ether oxygens (including phenoxy) is 5. The molecule has 10 heterocycles. The van der Waals surface area contributed by atoms with Gasteiger partial charge < -0.3 is 105 Å². The van der Waals surface area contributed by atoms with Crippen molar-refractivity contribution in [2.45, 2.75) is 225 Å². The number of anilines is 4. The Balaban J connectivity index is 0.499. The molecule has 0 bridgehead atoms. The van der Waals surface area contributed by atoms with Crippen LogP contribution in [0.3, 0.4) is 0 Å². The minimum atomic E-state index is -2.50. The van der Waals surface area contributed by atoms with Gasteiger partial charge in [0, 0.05) is 177 Å². The zero-order valence-corrected chi connectivity index (χ0v) is 81.6. The molecule has 4 amide bonds. The van der Waals surface area contributed by atoms with Crippen LogP contribution >= 0.6 is 0 Å². The van der Waals surface area contributed by atoms with Crippen molar-refractivity contribution >= 4 is 87.0 Å². The standard InChI is InChI=1S/C102H136N20O18/c1-11-12-13-17-62(4)83(134-9)51-75-26-21-66(8)102(133,139-75)92(128)97(131)121-31-15-14-20-79(121)98(132)137-84(77(103)47-67-23-27-80(123)85(48-67)135-10)52-81(124)63(5)45-65(7)90(126)91(127)88(64(6)44-61(2)3)115-140-76-19-16-18-72(49-76)95(129)106-53-69-54-107-100(108-55-69)119-39-37-117(38-40-119)86(125)30-42-136-43-41-116-33-35-118(36-34-116)101-109-56-74(57-110-101)96(130)120-32-29-70-46-68(22-24-73(70)59-120)58-122-94-87(93(104)111-60-112-94)89(114-122)71-25-28-82-78(50-71)113-99(105)138-82/h11-13,16-19,22,24-25,28,45-46,49-50,54-57,60-61,63-64,66-67,75,77,79-81,83-85,90-91,123-124,126-127,133H,1,14-15,20-21,23,26-27,29-44,47-48,51-53,58-59,103H2,2-10H3,(H2,105,113)(H,106,129)(H2,104,111,112)/b13-12+,62-17+,65-45+,115-88+/t63-,64-,66-,67+,75+,77-,79+,80-,81-,83+,84+,85-,90-,91+,102-/m1/s1. The van der Waals surface area contributed by atoms with Gasteiger partial charge in [0.25, 0.3) is 29.5 Å². The lowest BCUT2D eigenvalue weighted by molar-refractivity contribution is -0.265. The molecule has 0 spiro atoms. The van der Waals surface area contributed by atoms with E-state index in [1.54, 1.807) is 95.2 Å². The number of amides is 4. The number of nitrogens with one attached hydrogen (secondary N) is 1. The summed E-state index contributed by atoms with van der Waals surface area (Å²) in [7, 11) is 3.09. The van der Waals surface area contributed by atoms with Crippen molar-refractivity contribution in [3.63, 3.8) is 0 Å². The van der Waals surface area contributed by atoms with Crippen molar-refractivity contribution in [1.82, 2.24) is 69.6 Å². The first-order valence-electron chi connectivity index (χ1n) is 48.8. The molecule has 752 valence electrons. The lowest BCUT2D eigenvalue weighted by Gasteiger charge is -2.42. The van der Waals surface area contributed by atoms with Gasteiger partial charge in [-0.1, -0.05) is 101 Å². The Morgan fingerprint density at radius 3 is 2.23 bits per heavy atom. The summed E-state index contributed by atoms with van der Waals surface area (Å²) in [6.07, 6.45) is 14.4. The monoisotopic (exact) mass is 1930 g/mol. The van der Waals surface area contributed by atoms with E-state index < -0.39 is 108 Å². The summed E-state index contributed by atoms with van der Waals surface area (Å²) in [4.78, 5) is 134. The molecule has 5 aromatic heterocycles. The van der Waals surface area contributed by atoms with E-state index in [1.165, 1.54) is 19.5 Å². The molecule has 140 heavy (non-hydrogen) atoms. The third kappa shape index (κ3) is 25.9. The largest absolute Gasteiger partial charge is 0.459 e. The van der Waals surface area contributed by atoms with Gasteiger partial charge in [-0.05, 0) is 161 Å². The maximum atomic E-state index is 14.7.